The Morgan fingerprint density at radius 2 is 2.14 bits per heavy atom. The van der Waals surface area contributed by atoms with Gasteiger partial charge in [0.2, 0.25) is 0 Å². The van der Waals surface area contributed by atoms with Crippen molar-refractivity contribution < 1.29 is 14.1 Å². The zero-order valence-electron chi connectivity index (χ0n) is 12.8. The number of nitrogens with zero attached hydrogens (tertiary/aromatic N) is 1. The fourth-order valence-corrected chi connectivity index (χ4v) is 1.94. The van der Waals surface area contributed by atoms with Crippen LogP contribution in [0.4, 0.5) is 10.6 Å². The summed E-state index contributed by atoms with van der Waals surface area (Å²) in [6.45, 7) is 4.90. The minimum absolute atomic E-state index is 0.0492. The Bertz CT molecular complexity index is 583. The molecular formula is C16H21N3O3. The number of ether oxygens (including phenoxy) is 1. The fourth-order valence-electron chi connectivity index (χ4n) is 1.94. The summed E-state index contributed by atoms with van der Waals surface area (Å²) in [5.74, 6) is 1.06. The second-order valence-electron chi connectivity index (χ2n) is 4.98. The maximum absolute atomic E-state index is 11.6. The molecule has 1 aromatic heterocycles. The molecule has 6 heteroatoms. The first-order valence-corrected chi connectivity index (χ1v) is 7.30. The Balaban J connectivity index is 1.58. The van der Waals surface area contributed by atoms with E-state index in [4.69, 9.17) is 9.26 Å². The van der Waals surface area contributed by atoms with Crippen molar-refractivity contribution in [2.45, 2.75) is 26.4 Å². The summed E-state index contributed by atoms with van der Waals surface area (Å²) >= 11 is 0. The van der Waals surface area contributed by atoms with Crippen LogP contribution >= 0.6 is 0 Å². The number of hydrogen-bond donors (Lipinski definition) is 2. The van der Waals surface area contributed by atoms with Gasteiger partial charge < -0.3 is 14.6 Å². The van der Waals surface area contributed by atoms with Crippen molar-refractivity contribution in [3.05, 3.63) is 47.7 Å². The van der Waals surface area contributed by atoms with Gasteiger partial charge >= 0.3 is 6.03 Å². The summed E-state index contributed by atoms with van der Waals surface area (Å²) in [5, 5.41) is 9.02. The highest BCUT2D eigenvalue weighted by Crippen LogP contribution is 2.15. The Labute approximate surface area is 129 Å². The number of amides is 2. The van der Waals surface area contributed by atoms with Crippen molar-refractivity contribution in [3.8, 4) is 0 Å². The van der Waals surface area contributed by atoms with Gasteiger partial charge in [0, 0.05) is 19.2 Å². The molecular weight excluding hydrogens is 282 g/mol. The lowest BCUT2D eigenvalue weighted by atomic mass is 10.1. The molecule has 0 aliphatic rings. The third-order valence-corrected chi connectivity index (χ3v) is 3.11. The van der Waals surface area contributed by atoms with Crippen molar-refractivity contribution >= 4 is 11.8 Å². The van der Waals surface area contributed by atoms with E-state index in [9.17, 15) is 4.79 Å². The van der Waals surface area contributed by atoms with Crippen molar-refractivity contribution in [2.24, 2.45) is 0 Å². The molecule has 2 amide bonds. The van der Waals surface area contributed by atoms with Crippen LogP contribution in [0.5, 0.6) is 0 Å². The number of benzene rings is 1. The lowest BCUT2D eigenvalue weighted by molar-refractivity contribution is 0.0644. The molecule has 0 unspecified atom stereocenters. The summed E-state index contributed by atoms with van der Waals surface area (Å²) in [4.78, 5) is 11.6. The standard InChI is InChI=1S/C16H21N3O3/c1-12-11-15(19-22-12)18-16(20)17-9-6-10-21-13(2)14-7-4-3-5-8-14/h3-5,7-8,11,13H,6,9-10H2,1-2H3,(H2,17,18,19,20)/t13-/m1/s1. The highest BCUT2D eigenvalue weighted by molar-refractivity contribution is 5.88. The molecule has 0 saturated heterocycles. The highest BCUT2D eigenvalue weighted by atomic mass is 16.5. The molecule has 2 N–H and O–H groups in total. The predicted molar refractivity (Wildman–Crippen MR) is 83.7 cm³/mol. The normalized spacial score (nSPS) is 11.9. The summed E-state index contributed by atoms with van der Waals surface area (Å²) in [6.07, 6.45) is 0.788. The smallest absolute Gasteiger partial charge is 0.320 e. The van der Waals surface area contributed by atoms with E-state index in [0.717, 1.165) is 12.0 Å². The molecule has 0 spiro atoms. The number of urea groups is 1. The fraction of sp³-hybridized carbons (Fsp3) is 0.375. The van der Waals surface area contributed by atoms with Crippen LogP contribution in [0.2, 0.25) is 0 Å². The van der Waals surface area contributed by atoms with E-state index in [1.165, 1.54) is 0 Å². The minimum atomic E-state index is -0.301. The van der Waals surface area contributed by atoms with Gasteiger partial charge in [0.05, 0.1) is 6.10 Å². The molecule has 2 rings (SSSR count). The molecule has 0 bridgehead atoms. The van der Waals surface area contributed by atoms with Crippen molar-refractivity contribution in [1.29, 1.82) is 0 Å². The maximum Gasteiger partial charge on any atom is 0.320 e. The van der Waals surface area contributed by atoms with Crippen LogP contribution in [-0.2, 0) is 4.74 Å². The quantitative estimate of drug-likeness (QED) is 0.770. The number of aromatic nitrogens is 1. The summed E-state index contributed by atoms with van der Waals surface area (Å²) in [7, 11) is 0. The second-order valence-corrected chi connectivity index (χ2v) is 4.98. The van der Waals surface area contributed by atoms with Crippen LogP contribution in [0.25, 0.3) is 0 Å². The number of anilines is 1. The molecule has 22 heavy (non-hydrogen) atoms. The Kier molecular flexibility index (Phi) is 5.97. The van der Waals surface area contributed by atoms with Crippen molar-refractivity contribution in [2.75, 3.05) is 18.5 Å². The maximum atomic E-state index is 11.6. The van der Waals surface area contributed by atoms with Gasteiger partial charge in [-0.1, -0.05) is 35.5 Å². The zero-order chi connectivity index (χ0) is 15.8. The first-order valence-electron chi connectivity index (χ1n) is 7.30. The molecule has 1 aromatic carbocycles. The van der Waals surface area contributed by atoms with Crippen molar-refractivity contribution in [3.63, 3.8) is 0 Å². The van der Waals surface area contributed by atoms with Gasteiger partial charge in [-0.15, -0.1) is 0 Å². The van der Waals surface area contributed by atoms with E-state index in [1.54, 1.807) is 13.0 Å². The van der Waals surface area contributed by atoms with Gasteiger partial charge in [-0.3, -0.25) is 5.32 Å². The SMILES string of the molecule is Cc1cc(NC(=O)NCCCO[C@H](C)c2ccccc2)no1. The third kappa shape index (κ3) is 5.21. The van der Waals surface area contributed by atoms with Gasteiger partial charge in [0.25, 0.3) is 0 Å². The summed E-state index contributed by atoms with van der Waals surface area (Å²) in [6, 6.07) is 11.4. The topological polar surface area (TPSA) is 76.4 Å². The van der Waals surface area contributed by atoms with Gasteiger partial charge in [0.1, 0.15) is 5.76 Å². The van der Waals surface area contributed by atoms with E-state index < -0.39 is 0 Å². The molecule has 118 valence electrons. The monoisotopic (exact) mass is 303 g/mol. The van der Waals surface area contributed by atoms with Gasteiger partial charge in [-0.05, 0) is 25.8 Å². The highest BCUT2D eigenvalue weighted by Gasteiger charge is 2.06. The lowest BCUT2D eigenvalue weighted by Gasteiger charge is -2.13. The van der Waals surface area contributed by atoms with Crippen molar-refractivity contribution in [1.82, 2.24) is 10.5 Å². The zero-order valence-corrected chi connectivity index (χ0v) is 12.8. The number of carbonyl (C=O) groups is 1. The van der Waals surface area contributed by atoms with Crippen LogP contribution < -0.4 is 10.6 Å². The largest absolute Gasteiger partial charge is 0.374 e. The molecule has 1 atom stereocenters. The van der Waals surface area contributed by atoms with Gasteiger partial charge in [-0.25, -0.2) is 4.79 Å². The minimum Gasteiger partial charge on any atom is -0.374 e. The lowest BCUT2D eigenvalue weighted by Crippen LogP contribution is -2.30. The molecule has 0 radical (unpaired) electrons. The number of aryl methyl sites for hydroxylation is 1. The number of hydrogen-bond acceptors (Lipinski definition) is 4. The van der Waals surface area contributed by atoms with E-state index >= 15 is 0 Å². The first kappa shape index (κ1) is 16.0. The first-order chi connectivity index (χ1) is 10.6. The number of carbonyl (C=O) groups excluding carboxylic acids is 1. The molecule has 6 nitrogen and oxygen atoms in total. The summed E-state index contributed by atoms with van der Waals surface area (Å²) < 4.78 is 10.6. The molecule has 0 fully saturated rings. The number of rotatable bonds is 7. The van der Waals surface area contributed by atoms with Crippen LogP contribution in [0.15, 0.2) is 40.9 Å². The van der Waals surface area contributed by atoms with Crippen LogP contribution in [-0.4, -0.2) is 24.3 Å². The van der Waals surface area contributed by atoms with E-state index in [1.807, 2.05) is 37.3 Å². The van der Waals surface area contributed by atoms with Gasteiger partial charge in [0.15, 0.2) is 5.82 Å². The average molecular weight is 303 g/mol. The second kappa shape index (κ2) is 8.19. The van der Waals surface area contributed by atoms with E-state index in [0.29, 0.717) is 24.7 Å². The van der Waals surface area contributed by atoms with E-state index in [-0.39, 0.29) is 12.1 Å². The Morgan fingerprint density at radius 1 is 1.36 bits per heavy atom. The molecule has 0 aliphatic carbocycles. The summed E-state index contributed by atoms with van der Waals surface area (Å²) in [5.41, 5.74) is 1.15. The Hall–Kier alpha value is -2.34. The molecule has 1 heterocycles. The average Bonchev–Trinajstić information content (AvgIpc) is 2.92. The molecule has 0 saturated carbocycles. The molecule has 2 aromatic rings. The third-order valence-electron chi connectivity index (χ3n) is 3.11. The predicted octanol–water partition coefficient (Wildman–Crippen LogP) is 3.27. The van der Waals surface area contributed by atoms with Gasteiger partial charge in [-0.2, -0.15) is 0 Å². The Morgan fingerprint density at radius 3 is 2.82 bits per heavy atom. The number of nitrogens with one attached hydrogen (secondary N) is 2. The van der Waals surface area contributed by atoms with Crippen LogP contribution in [0.1, 0.15) is 30.8 Å². The van der Waals surface area contributed by atoms with Crippen LogP contribution in [0, 0.1) is 6.92 Å². The molecule has 0 aliphatic heterocycles. The van der Waals surface area contributed by atoms with E-state index in [2.05, 4.69) is 15.8 Å². The van der Waals surface area contributed by atoms with Crippen LogP contribution in [0.3, 0.4) is 0 Å².